The van der Waals surface area contributed by atoms with Crippen LogP contribution in [0.1, 0.15) is 20.7 Å². The van der Waals surface area contributed by atoms with Crippen LogP contribution >= 0.6 is 0 Å². The van der Waals surface area contributed by atoms with Crippen molar-refractivity contribution in [1.29, 1.82) is 0 Å². The minimum Gasteiger partial charge on any atom is -0.478 e. The van der Waals surface area contributed by atoms with E-state index in [2.05, 4.69) is 0 Å². The molecule has 0 aliphatic heterocycles. The molecule has 2 aromatic rings. The largest absolute Gasteiger partial charge is 0.478 e. The van der Waals surface area contributed by atoms with Gasteiger partial charge in [0.2, 0.25) is 0 Å². The summed E-state index contributed by atoms with van der Waals surface area (Å²) in [5.74, 6) is -2.34. The Bertz CT molecular complexity index is 829. The van der Waals surface area contributed by atoms with Crippen molar-refractivity contribution in [2.24, 2.45) is 0 Å². The predicted octanol–water partition coefficient (Wildman–Crippen LogP) is 1.09. The van der Waals surface area contributed by atoms with Gasteiger partial charge in [-0.2, -0.15) is 0 Å². The van der Waals surface area contributed by atoms with Gasteiger partial charge in [0, 0.05) is 5.69 Å². The van der Waals surface area contributed by atoms with Gasteiger partial charge in [-0.25, -0.2) is 17.9 Å². The van der Waals surface area contributed by atoms with E-state index in [4.69, 9.17) is 10.8 Å². The van der Waals surface area contributed by atoms with Gasteiger partial charge >= 0.3 is 5.97 Å². The summed E-state index contributed by atoms with van der Waals surface area (Å²) in [6, 6.07) is 10.6. The minimum atomic E-state index is -4.11. The molecule has 2 aromatic carbocycles. The van der Waals surface area contributed by atoms with Crippen LogP contribution in [0, 0.1) is 0 Å². The number of carbonyl (C=O) groups excluding carboxylic acids is 1. The highest BCUT2D eigenvalue weighted by Crippen LogP contribution is 2.14. The second kappa shape index (κ2) is 5.86. The van der Waals surface area contributed by atoms with Crippen molar-refractivity contribution in [1.82, 2.24) is 4.72 Å². The number of hydrogen-bond donors (Lipinski definition) is 3. The number of sulfonamides is 1. The number of rotatable bonds is 4. The van der Waals surface area contributed by atoms with Crippen LogP contribution in [0.25, 0.3) is 0 Å². The number of hydrogen-bond acceptors (Lipinski definition) is 5. The summed E-state index contributed by atoms with van der Waals surface area (Å²) in [7, 11) is -4.11. The van der Waals surface area contributed by atoms with Crippen LogP contribution in [-0.2, 0) is 10.0 Å². The molecule has 7 nitrogen and oxygen atoms in total. The van der Waals surface area contributed by atoms with Gasteiger partial charge in [-0.15, -0.1) is 0 Å². The number of anilines is 1. The number of nitrogens with one attached hydrogen (secondary N) is 1. The Kier molecular flexibility index (Phi) is 4.13. The lowest BCUT2D eigenvalue weighted by Crippen LogP contribution is -2.31. The molecular weight excluding hydrogens is 308 g/mol. The van der Waals surface area contributed by atoms with E-state index in [0.717, 1.165) is 0 Å². The van der Waals surface area contributed by atoms with E-state index in [0.29, 0.717) is 5.69 Å². The molecule has 0 saturated heterocycles. The molecule has 0 spiro atoms. The summed E-state index contributed by atoms with van der Waals surface area (Å²) in [5, 5.41) is 9.02. The Morgan fingerprint density at radius 1 is 0.955 bits per heavy atom. The maximum atomic E-state index is 12.1. The number of carboxylic acid groups (broad SMARTS) is 1. The van der Waals surface area contributed by atoms with Gasteiger partial charge in [0.25, 0.3) is 15.9 Å². The predicted molar refractivity (Wildman–Crippen MR) is 78.9 cm³/mol. The number of aromatic carboxylic acids is 1. The highest BCUT2D eigenvalue weighted by molar-refractivity contribution is 7.90. The first-order chi connectivity index (χ1) is 10.3. The third kappa shape index (κ3) is 3.23. The Balaban J connectivity index is 2.32. The summed E-state index contributed by atoms with van der Waals surface area (Å²) in [6.07, 6.45) is 0. The molecule has 0 saturated carbocycles. The summed E-state index contributed by atoms with van der Waals surface area (Å²) < 4.78 is 26.0. The molecule has 0 heterocycles. The summed E-state index contributed by atoms with van der Waals surface area (Å²) in [4.78, 5) is 23.0. The smallest absolute Gasteiger partial charge is 0.336 e. The van der Waals surface area contributed by atoms with Crippen LogP contribution in [0.4, 0.5) is 5.69 Å². The van der Waals surface area contributed by atoms with E-state index in [9.17, 15) is 18.0 Å². The van der Waals surface area contributed by atoms with Crippen LogP contribution < -0.4 is 10.5 Å². The quantitative estimate of drug-likeness (QED) is 0.724. The summed E-state index contributed by atoms with van der Waals surface area (Å²) in [6.45, 7) is 0. The van der Waals surface area contributed by atoms with E-state index < -0.39 is 21.9 Å². The Morgan fingerprint density at radius 3 is 2.05 bits per heavy atom. The topological polar surface area (TPSA) is 127 Å². The van der Waals surface area contributed by atoms with E-state index in [1.54, 1.807) is 0 Å². The lowest BCUT2D eigenvalue weighted by atomic mass is 10.1. The normalized spacial score (nSPS) is 10.9. The summed E-state index contributed by atoms with van der Waals surface area (Å²) >= 11 is 0. The molecular formula is C14H12N2O5S. The van der Waals surface area contributed by atoms with Crippen molar-refractivity contribution < 1.29 is 23.1 Å². The molecule has 8 heteroatoms. The minimum absolute atomic E-state index is 0.150. The average molecular weight is 320 g/mol. The van der Waals surface area contributed by atoms with Gasteiger partial charge < -0.3 is 10.8 Å². The van der Waals surface area contributed by atoms with Crippen molar-refractivity contribution in [3.8, 4) is 0 Å². The molecule has 0 unspecified atom stereocenters. The second-order valence-corrected chi connectivity index (χ2v) is 6.04. The molecule has 2 rings (SSSR count). The second-order valence-electron chi connectivity index (χ2n) is 4.35. The SMILES string of the molecule is Nc1ccc(S(=O)(=O)NC(=O)c2ccccc2C(=O)O)cc1. The number of nitrogens with two attached hydrogens (primary N) is 1. The maximum Gasteiger partial charge on any atom is 0.336 e. The first kappa shape index (κ1) is 15.5. The van der Waals surface area contributed by atoms with Crippen LogP contribution in [0.3, 0.4) is 0 Å². The zero-order valence-corrected chi connectivity index (χ0v) is 12.0. The molecule has 0 aliphatic carbocycles. The first-order valence-corrected chi connectivity index (χ1v) is 7.54. The number of carbonyl (C=O) groups is 2. The molecule has 0 fully saturated rings. The number of nitrogen functional groups attached to an aromatic ring is 1. The fourth-order valence-corrected chi connectivity index (χ4v) is 2.72. The molecule has 0 bridgehead atoms. The molecule has 0 aliphatic rings. The van der Waals surface area contributed by atoms with Gasteiger partial charge in [0.15, 0.2) is 0 Å². The van der Waals surface area contributed by atoms with Crippen LogP contribution in [-0.4, -0.2) is 25.4 Å². The van der Waals surface area contributed by atoms with E-state index >= 15 is 0 Å². The third-order valence-electron chi connectivity index (χ3n) is 2.82. The fraction of sp³-hybridized carbons (Fsp3) is 0. The van der Waals surface area contributed by atoms with Gasteiger partial charge in [-0.05, 0) is 36.4 Å². The highest BCUT2D eigenvalue weighted by Gasteiger charge is 2.22. The number of carboxylic acids is 1. The van der Waals surface area contributed by atoms with Crippen LogP contribution in [0.5, 0.6) is 0 Å². The lowest BCUT2D eigenvalue weighted by Gasteiger charge is -2.09. The van der Waals surface area contributed by atoms with Crippen LogP contribution in [0.2, 0.25) is 0 Å². The monoisotopic (exact) mass is 320 g/mol. The Hall–Kier alpha value is -2.87. The molecule has 0 atom stereocenters. The zero-order valence-electron chi connectivity index (χ0n) is 11.2. The molecule has 0 radical (unpaired) electrons. The zero-order chi connectivity index (χ0) is 16.3. The Labute approximate surface area is 126 Å². The highest BCUT2D eigenvalue weighted by atomic mass is 32.2. The van der Waals surface area contributed by atoms with Crippen molar-refractivity contribution in [3.05, 3.63) is 59.7 Å². The average Bonchev–Trinajstić information content (AvgIpc) is 2.47. The van der Waals surface area contributed by atoms with Gasteiger partial charge in [0.05, 0.1) is 16.0 Å². The van der Waals surface area contributed by atoms with E-state index in [1.807, 2.05) is 4.72 Å². The summed E-state index contributed by atoms with van der Waals surface area (Å²) in [5.41, 5.74) is 5.32. The lowest BCUT2D eigenvalue weighted by molar-refractivity contribution is 0.0691. The first-order valence-electron chi connectivity index (χ1n) is 6.06. The standard InChI is InChI=1S/C14H12N2O5S/c15-9-5-7-10(8-6-9)22(20,21)16-13(17)11-3-1-2-4-12(11)14(18)19/h1-8H,15H2,(H,16,17)(H,18,19). The van der Waals surface area contributed by atoms with Gasteiger partial charge in [0.1, 0.15) is 0 Å². The molecule has 114 valence electrons. The van der Waals surface area contributed by atoms with Gasteiger partial charge in [-0.1, -0.05) is 12.1 Å². The van der Waals surface area contributed by atoms with Crippen molar-refractivity contribution in [2.75, 3.05) is 5.73 Å². The van der Waals surface area contributed by atoms with Crippen LogP contribution in [0.15, 0.2) is 53.4 Å². The third-order valence-corrected chi connectivity index (χ3v) is 4.17. The van der Waals surface area contributed by atoms with E-state index in [1.165, 1.54) is 48.5 Å². The molecule has 4 N–H and O–H groups in total. The van der Waals surface area contributed by atoms with Crippen molar-refractivity contribution >= 4 is 27.6 Å². The molecule has 1 amide bonds. The number of benzene rings is 2. The maximum absolute atomic E-state index is 12.1. The molecule has 22 heavy (non-hydrogen) atoms. The van der Waals surface area contributed by atoms with Gasteiger partial charge in [-0.3, -0.25) is 4.79 Å². The van der Waals surface area contributed by atoms with Crippen molar-refractivity contribution in [2.45, 2.75) is 4.90 Å². The Morgan fingerprint density at radius 2 is 1.50 bits per heavy atom. The van der Waals surface area contributed by atoms with E-state index in [-0.39, 0.29) is 16.0 Å². The fourth-order valence-electron chi connectivity index (χ4n) is 1.75. The number of amides is 1. The van der Waals surface area contributed by atoms with Crippen molar-refractivity contribution in [3.63, 3.8) is 0 Å². The molecule has 0 aromatic heterocycles.